The molecular formula is C11H16N2O2S. The molecule has 1 aliphatic heterocycles. The molecule has 88 valence electrons. The standard InChI is InChI=1S/C11H16N2O2S/c1-9-2-3-11(13-8-9)16(14,15)10-4-6-12-7-5-10/h2-3,8,10,12H,4-7H2,1H3. The molecule has 1 aromatic heterocycles. The SMILES string of the molecule is Cc1ccc(S(=O)(=O)C2CCNCC2)nc1. The molecule has 0 spiro atoms. The second-order valence-electron chi connectivity index (χ2n) is 4.17. The number of nitrogens with one attached hydrogen (secondary N) is 1. The molecule has 0 aliphatic carbocycles. The van der Waals surface area contributed by atoms with Gasteiger partial charge in [-0.3, -0.25) is 0 Å². The Morgan fingerprint density at radius 1 is 1.31 bits per heavy atom. The Morgan fingerprint density at radius 3 is 2.56 bits per heavy atom. The Kier molecular flexibility index (Phi) is 3.25. The van der Waals surface area contributed by atoms with Crippen LogP contribution in [-0.2, 0) is 9.84 Å². The summed E-state index contributed by atoms with van der Waals surface area (Å²) in [6.07, 6.45) is 2.96. The maximum Gasteiger partial charge on any atom is 0.198 e. The summed E-state index contributed by atoms with van der Waals surface area (Å²) in [5, 5.41) is 3.10. The number of pyridine rings is 1. The van der Waals surface area contributed by atoms with Gasteiger partial charge in [0.25, 0.3) is 0 Å². The van der Waals surface area contributed by atoms with Crippen LogP contribution >= 0.6 is 0 Å². The van der Waals surface area contributed by atoms with Gasteiger partial charge < -0.3 is 5.32 Å². The van der Waals surface area contributed by atoms with Crippen molar-refractivity contribution < 1.29 is 8.42 Å². The molecule has 1 fully saturated rings. The van der Waals surface area contributed by atoms with Gasteiger partial charge in [0, 0.05) is 6.20 Å². The van der Waals surface area contributed by atoms with Gasteiger partial charge in [-0.2, -0.15) is 0 Å². The van der Waals surface area contributed by atoms with Crippen LogP contribution in [0.3, 0.4) is 0 Å². The van der Waals surface area contributed by atoms with Crippen molar-refractivity contribution in [1.82, 2.24) is 10.3 Å². The van der Waals surface area contributed by atoms with Gasteiger partial charge in [-0.05, 0) is 44.5 Å². The third kappa shape index (κ3) is 2.25. The second kappa shape index (κ2) is 4.51. The van der Waals surface area contributed by atoms with Crippen molar-refractivity contribution in [2.24, 2.45) is 0 Å². The largest absolute Gasteiger partial charge is 0.317 e. The lowest BCUT2D eigenvalue weighted by molar-refractivity contribution is 0.494. The van der Waals surface area contributed by atoms with E-state index in [9.17, 15) is 8.42 Å². The number of nitrogens with zero attached hydrogens (tertiary/aromatic N) is 1. The topological polar surface area (TPSA) is 59.1 Å². The van der Waals surface area contributed by atoms with Crippen LogP contribution in [0.1, 0.15) is 18.4 Å². The van der Waals surface area contributed by atoms with E-state index in [4.69, 9.17) is 0 Å². The van der Waals surface area contributed by atoms with Gasteiger partial charge in [-0.1, -0.05) is 6.07 Å². The normalized spacial score (nSPS) is 18.6. The van der Waals surface area contributed by atoms with Crippen molar-refractivity contribution in [3.05, 3.63) is 23.9 Å². The fraction of sp³-hybridized carbons (Fsp3) is 0.545. The van der Waals surface area contributed by atoms with Crippen molar-refractivity contribution >= 4 is 9.84 Å². The van der Waals surface area contributed by atoms with Crippen LogP contribution < -0.4 is 5.32 Å². The van der Waals surface area contributed by atoms with Crippen molar-refractivity contribution in [2.75, 3.05) is 13.1 Å². The Labute approximate surface area is 96.0 Å². The minimum atomic E-state index is -3.23. The van der Waals surface area contributed by atoms with Crippen molar-refractivity contribution in [1.29, 1.82) is 0 Å². The quantitative estimate of drug-likeness (QED) is 0.835. The van der Waals surface area contributed by atoms with Crippen molar-refractivity contribution in [3.63, 3.8) is 0 Å². The van der Waals surface area contributed by atoms with Crippen LogP contribution in [0.2, 0.25) is 0 Å². The molecule has 0 radical (unpaired) electrons. The van der Waals surface area contributed by atoms with Crippen molar-refractivity contribution in [2.45, 2.75) is 30.0 Å². The number of aromatic nitrogens is 1. The summed E-state index contributed by atoms with van der Waals surface area (Å²) in [5.41, 5.74) is 0.976. The predicted molar refractivity (Wildman–Crippen MR) is 62.1 cm³/mol. The predicted octanol–water partition coefficient (Wildman–Crippen LogP) is 0.916. The van der Waals surface area contributed by atoms with E-state index in [-0.39, 0.29) is 10.3 Å². The molecule has 0 aromatic carbocycles. The molecule has 5 heteroatoms. The Morgan fingerprint density at radius 2 is 2.00 bits per heavy atom. The Hall–Kier alpha value is -0.940. The summed E-state index contributed by atoms with van der Waals surface area (Å²) in [5.74, 6) is 0. The van der Waals surface area contributed by atoms with Crippen molar-refractivity contribution in [3.8, 4) is 0 Å². The first-order chi connectivity index (χ1) is 7.60. The molecule has 16 heavy (non-hydrogen) atoms. The van der Waals surface area contributed by atoms with Gasteiger partial charge in [0.1, 0.15) is 0 Å². The van der Waals surface area contributed by atoms with E-state index in [0.29, 0.717) is 12.8 Å². The van der Waals surface area contributed by atoms with Gasteiger partial charge in [0.15, 0.2) is 14.9 Å². The molecule has 0 unspecified atom stereocenters. The zero-order chi connectivity index (χ0) is 11.6. The molecule has 1 saturated heterocycles. The average Bonchev–Trinajstić information content (AvgIpc) is 2.31. The second-order valence-corrected chi connectivity index (χ2v) is 6.34. The van der Waals surface area contributed by atoms with E-state index in [2.05, 4.69) is 10.3 Å². The lowest BCUT2D eigenvalue weighted by atomic mass is 10.2. The summed E-state index contributed by atoms with van der Waals surface area (Å²) in [4.78, 5) is 4.02. The molecule has 0 atom stereocenters. The first-order valence-corrected chi connectivity index (χ1v) is 7.02. The number of hydrogen-bond acceptors (Lipinski definition) is 4. The first-order valence-electron chi connectivity index (χ1n) is 5.48. The first kappa shape index (κ1) is 11.5. The number of aryl methyl sites for hydroxylation is 1. The summed E-state index contributed by atoms with van der Waals surface area (Å²) in [7, 11) is -3.23. The summed E-state index contributed by atoms with van der Waals surface area (Å²) < 4.78 is 24.4. The van der Waals surface area contributed by atoms with Crippen LogP contribution in [0.4, 0.5) is 0 Å². The molecule has 0 saturated carbocycles. The summed E-state index contributed by atoms with van der Waals surface area (Å²) in [6, 6.07) is 3.40. The van der Waals surface area contributed by atoms with Crippen LogP contribution in [-0.4, -0.2) is 31.7 Å². The monoisotopic (exact) mass is 240 g/mol. The zero-order valence-electron chi connectivity index (χ0n) is 9.31. The van der Waals surface area contributed by atoms with Gasteiger partial charge in [0.05, 0.1) is 5.25 Å². The van der Waals surface area contributed by atoms with Crippen LogP contribution in [0.15, 0.2) is 23.4 Å². The molecule has 2 rings (SSSR count). The van der Waals surface area contributed by atoms with Gasteiger partial charge in [-0.25, -0.2) is 13.4 Å². The van der Waals surface area contributed by atoms with E-state index in [1.807, 2.05) is 6.92 Å². The highest BCUT2D eigenvalue weighted by atomic mass is 32.2. The molecule has 1 N–H and O–H groups in total. The van der Waals surface area contributed by atoms with E-state index >= 15 is 0 Å². The van der Waals surface area contributed by atoms with Gasteiger partial charge >= 0.3 is 0 Å². The zero-order valence-corrected chi connectivity index (χ0v) is 10.1. The third-order valence-corrected chi connectivity index (χ3v) is 5.07. The minimum Gasteiger partial charge on any atom is -0.317 e. The van der Waals surface area contributed by atoms with E-state index < -0.39 is 9.84 Å². The van der Waals surface area contributed by atoms with Crippen LogP contribution in [0.5, 0.6) is 0 Å². The van der Waals surface area contributed by atoms with E-state index in [1.54, 1.807) is 18.3 Å². The summed E-state index contributed by atoms with van der Waals surface area (Å²) in [6.45, 7) is 3.44. The van der Waals surface area contributed by atoms with Gasteiger partial charge in [0.2, 0.25) is 0 Å². The molecule has 0 amide bonds. The molecule has 0 bridgehead atoms. The minimum absolute atomic E-state index is 0.213. The number of hydrogen-bond donors (Lipinski definition) is 1. The maximum absolute atomic E-state index is 12.2. The fourth-order valence-electron chi connectivity index (χ4n) is 1.90. The molecule has 4 nitrogen and oxygen atoms in total. The van der Waals surface area contributed by atoms with E-state index in [0.717, 1.165) is 18.7 Å². The number of sulfone groups is 1. The summed E-state index contributed by atoms with van der Waals surface area (Å²) >= 11 is 0. The maximum atomic E-state index is 12.2. The fourth-order valence-corrected chi connectivity index (χ4v) is 3.55. The Balaban J connectivity index is 2.27. The number of rotatable bonds is 2. The lowest BCUT2D eigenvalue weighted by Crippen LogP contribution is -2.36. The highest BCUT2D eigenvalue weighted by molar-refractivity contribution is 7.92. The average molecular weight is 240 g/mol. The molecule has 1 aromatic rings. The van der Waals surface area contributed by atoms with Crippen LogP contribution in [0, 0.1) is 6.92 Å². The Bertz CT molecular complexity index is 447. The van der Waals surface area contributed by atoms with Gasteiger partial charge in [-0.15, -0.1) is 0 Å². The third-order valence-electron chi connectivity index (χ3n) is 2.90. The molecule has 1 aliphatic rings. The smallest absolute Gasteiger partial charge is 0.198 e. The van der Waals surface area contributed by atoms with Crippen LogP contribution in [0.25, 0.3) is 0 Å². The lowest BCUT2D eigenvalue weighted by Gasteiger charge is -2.22. The molecule has 2 heterocycles. The number of piperidine rings is 1. The highest BCUT2D eigenvalue weighted by Crippen LogP contribution is 2.20. The van der Waals surface area contributed by atoms with E-state index in [1.165, 1.54) is 0 Å². The molecular weight excluding hydrogens is 224 g/mol. The highest BCUT2D eigenvalue weighted by Gasteiger charge is 2.29.